The Balaban J connectivity index is 1.36. The Morgan fingerprint density at radius 3 is 2.12 bits per heavy atom. The highest BCUT2D eigenvalue weighted by Crippen LogP contribution is 2.48. The molecule has 0 radical (unpaired) electrons. The van der Waals surface area contributed by atoms with Gasteiger partial charge in [0.15, 0.2) is 5.58 Å². The Bertz CT molecular complexity index is 2480. The Kier molecular flexibility index (Phi) is 5.40. The van der Waals surface area contributed by atoms with E-state index in [1.165, 1.54) is 42.1 Å². The average molecular weight is 568 g/mol. The van der Waals surface area contributed by atoms with Crippen LogP contribution in [0.3, 0.4) is 0 Å². The summed E-state index contributed by atoms with van der Waals surface area (Å²) in [4.78, 5) is 2.39. The number of nitrogens with zero attached hydrogens (tertiary/aromatic N) is 1. The van der Waals surface area contributed by atoms with Gasteiger partial charge in [-0.2, -0.15) is 0 Å². The van der Waals surface area contributed by atoms with Crippen molar-refractivity contribution in [1.82, 2.24) is 0 Å². The predicted molar refractivity (Wildman–Crippen MR) is 184 cm³/mol. The van der Waals surface area contributed by atoms with Gasteiger partial charge in [-0.05, 0) is 64.4 Å². The first kappa shape index (κ1) is 24.2. The lowest BCUT2D eigenvalue weighted by atomic mass is 9.97. The van der Waals surface area contributed by atoms with Gasteiger partial charge < -0.3 is 9.32 Å². The molecule has 2 nitrogen and oxygen atoms in total. The van der Waals surface area contributed by atoms with E-state index in [1.54, 1.807) is 0 Å². The van der Waals surface area contributed by atoms with Crippen molar-refractivity contribution in [1.29, 1.82) is 0 Å². The lowest BCUT2D eigenvalue weighted by Gasteiger charge is -2.27. The largest absolute Gasteiger partial charge is 0.454 e. The molecule has 9 aromatic rings. The number of hydrogen-bond acceptors (Lipinski definition) is 3. The maximum atomic E-state index is 6.62. The van der Waals surface area contributed by atoms with E-state index in [0.717, 1.165) is 39.0 Å². The topological polar surface area (TPSA) is 16.4 Å². The third kappa shape index (κ3) is 3.79. The molecule has 0 N–H and O–H groups in total. The monoisotopic (exact) mass is 567 g/mol. The Labute approximate surface area is 252 Å². The highest BCUT2D eigenvalue weighted by atomic mass is 32.1. The SMILES string of the molecule is c1cc(-c2cccc3ccccc23)cc(N(c2cccc3c2oc2ccccc23)c2cccc3sc4ccccc4c23)c1. The van der Waals surface area contributed by atoms with Gasteiger partial charge >= 0.3 is 0 Å². The molecule has 0 bridgehead atoms. The van der Waals surface area contributed by atoms with E-state index in [9.17, 15) is 0 Å². The molecule has 0 saturated carbocycles. The summed E-state index contributed by atoms with van der Waals surface area (Å²) < 4.78 is 9.18. The number of benzene rings is 7. The molecule has 7 aromatic carbocycles. The van der Waals surface area contributed by atoms with Crippen LogP contribution in [0.1, 0.15) is 0 Å². The van der Waals surface area contributed by atoms with Crippen molar-refractivity contribution in [3.63, 3.8) is 0 Å². The fourth-order valence-electron chi connectivity index (χ4n) is 6.55. The summed E-state index contributed by atoms with van der Waals surface area (Å²) >= 11 is 1.84. The molecule has 202 valence electrons. The van der Waals surface area contributed by atoms with E-state index in [1.807, 2.05) is 17.4 Å². The van der Waals surface area contributed by atoms with E-state index in [2.05, 4.69) is 150 Å². The molecule has 0 aliphatic carbocycles. The van der Waals surface area contributed by atoms with Crippen molar-refractivity contribution in [2.45, 2.75) is 0 Å². The molecule has 0 aliphatic rings. The number of furan rings is 1. The van der Waals surface area contributed by atoms with Crippen LogP contribution in [0.5, 0.6) is 0 Å². The molecule has 9 rings (SSSR count). The molecule has 2 aromatic heterocycles. The van der Waals surface area contributed by atoms with Crippen LogP contribution in [0, 0.1) is 0 Å². The van der Waals surface area contributed by atoms with Crippen molar-refractivity contribution in [3.05, 3.63) is 152 Å². The zero-order chi connectivity index (χ0) is 28.3. The fourth-order valence-corrected chi connectivity index (χ4v) is 7.68. The second-order valence-corrected chi connectivity index (χ2v) is 12.0. The van der Waals surface area contributed by atoms with Gasteiger partial charge in [0.2, 0.25) is 0 Å². The molecule has 0 saturated heterocycles. The highest BCUT2D eigenvalue weighted by molar-refractivity contribution is 7.26. The summed E-state index contributed by atoms with van der Waals surface area (Å²) in [6.07, 6.45) is 0. The minimum atomic E-state index is 0.885. The van der Waals surface area contributed by atoms with Crippen LogP contribution >= 0.6 is 11.3 Å². The van der Waals surface area contributed by atoms with Gasteiger partial charge in [0.25, 0.3) is 0 Å². The first-order valence-electron chi connectivity index (χ1n) is 14.5. The Morgan fingerprint density at radius 1 is 0.488 bits per heavy atom. The molecule has 0 fully saturated rings. The molecular weight excluding hydrogens is 543 g/mol. The van der Waals surface area contributed by atoms with E-state index in [0.29, 0.717) is 0 Å². The first-order chi connectivity index (χ1) is 21.3. The Morgan fingerprint density at radius 2 is 1.16 bits per heavy atom. The third-order valence-electron chi connectivity index (χ3n) is 8.45. The molecule has 2 heterocycles. The summed E-state index contributed by atoms with van der Waals surface area (Å²) in [5.41, 5.74) is 7.43. The highest BCUT2D eigenvalue weighted by Gasteiger charge is 2.22. The number of hydrogen-bond donors (Lipinski definition) is 0. The lowest BCUT2D eigenvalue weighted by Crippen LogP contribution is -2.10. The average Bonchev–Trinajstić information content (AvgIpc) is 3.64. The minimum Gasteiger partial charge on any atom is -0.454 e. The molecule has 0 spiro atoms. The fraction of sp³-hybridized carbons (Fsp3) is 0. The van der Waals surface area contributed by atoms with Gasteiger partial charge in [-0.3, -0.25) is 0 Å². The van der Waals surface area contributed by atoms with Crippen molar-refractivity contribution in [2.24, 2.45) is 0 Å². The van der Waals surface area contributed by atoms with Gasteiger partial charge in [0.05, 0.1) is 11.4 Å². The zero-order valence-electron chi connectivity index (χ0n) is 23.2. The summed E-state index contributed by atoms with van der Waals surface area (Å²) in [5.74, 6) is 0. The minimum absolute atomic E-state index is 0.885. The zero-order valence-corrected chi connectivity index (χ0v) is 24.0. The van der Waals surface area contributed by atoms with Gasteiger partial charge in [0, 0.05) is 36.6 Å². The molecule has 43 heavy (non-hydrogen) atoms. The van der Waals surface area contributed by atoms with Crippen LogP contribution in [0.2, 0.25) is 0 Å². The number of para-hydroxylation sites is 2. The number of anilines is 3. The lowest BCUT2D eigenvalue weighted by molar-refractivity contribution is 0.669. The van der Waals surface area contributed by atoms with Crippen LogP contribution in [0.4, 0.5) is 17.1 Å². The summed E-state index contributed by atoms with van der Waals surface area (Å²) in [5, 5.41) is 7.26. The van der Waals surface area contributed by atoms with Crippen LogP contribution in [-0.2, 0) is 0 Å². The molecule has 0 atom stereocenters. The van der Waals surface area contributed by atoms with Crippen LogP contribution in [0.25, 0.3) is 64.0 Å². The Hall–Kier alpha value is -5.38. The molecule has 3 heteroatoms. The van der Waals surface area contributed by atoms with Gasteiger partial charge in [0.1, 0.15) is 5.58 Å². The smallest absolute Gasteiger partial charge is 0.159 e. The quantitative estimate of drug-likeness (QED) is 0.210. The van der Waals surface area contributed by atoms with E-state index >= 15 is 0 Å². The third-order valence-corrected chi connectivity index (χ3v) is 9.59. The van der Waals surface area contributed by atoms with Gasteiger partial charge in [-0.15, -0.1) is 11.3 Å². The van der Waals surface area contributed by atoms with Crippen LogP contribution < -0.4 is 4.90 Å². The predicted octanol–water partition coefficient (Wildman–Crippen LogP) is 12.2. The second kappa shape index (κ2) is 9.59. The van der Waals surface area contributed by atoms with Crippen molar-refractivity contribution in [3.8, 4) is 11.1 Å². The van der Waals surface area contributed by atoms with Crippen LogP contribution in [-0.4, -0.2) is 0 Å². The molecular formula is C40H25NOS. The van der Waals surface area contributed by atoms with Crippen molar-refractivity contribution >= 4 is 81.3 Å². The van der Waals surface area contributed by atoms with E-state index in [-0.39, 0.29) is 0 Å². The maximum Gasteiger partial charge on any atom is 0.159 e. The summed E-state index contributed by atoms with van der Waals surface area (Å²) in [6.45, 7) is 0. The summed E-state index contributed by atoms with van der Waals surface area (Å²) in [7, 11) is 0. The van der Waals surface area contributed by atoms with Gasteiger partial charge in [-0.25, -0.2) is 0 Å². The normalized spacial score (nSPS) is 11.7. The van der Waals surface area contributed by atoms with Crippen molar-refractivity contribution < 1.29 is 4.42 Å². The second-order valence-electron chi connectivity index (χ2n) is 10.9. The molecule has 0 unspecified atom stereocenters. The van der Waals surface area contributed by atoms with E-state index in [4.69, 9.17) is 4.42 Å². The number of fused-ring (bicyclic) bond motifs is 7. The van der Waals surface area contributed by atoms with Crippen molar-refractivity contribution in [2.75, 3.05) is 4.90 Å². The first-order valence-corrected chi connectivity index (χ1v) is 15.3. The standard InChI is InChI=1S/C40H25NOS/c1-2-15-29-26(11-1)12-8-18-30(29)27-13-7-14-28(25-27)41(34-20-10-24-38-39(34)33-17-4-6-23-37(33)43-38)35-21-9-19-32-31-16-3-5-22-36(31)42-40(32)35/h1-25H. The van der Waals surface area contributed by atoms with Gasteiger partial charge in [-0.1, -0.05) is 109 Å². The number of thiophene rings is 1. The van der Waals surface area contributed by atoms with E-state index < -0.39 is 0 Å². The molecule has 0 aliphatic heterocycles. The summed E-state index contributed by atoms with van der Waals surface area (Å²) in [6, 6.07) is 54.2. The van der Waals surface area contributed by atoms with Crippen LogP contribution in [0.15, 0.2) is 156 Å². The maximum absolute atomic E-state index is 6.62. The molecule has 0 amide bonds. The number of rotatable bonds is 4.